The van der Waals surface area contributed by atoms with Gasteiger partial charge in [-0.25, -0.2) is 24.0 Å². The van der Waals surface area contributed by atoms with Crippen LogP contribution in [0.5, 0.6) is 0 Å². The van der Waals surface area contributed by atoms with Crippen LogP contribution in [0, 0.1) is 5.82 Å². The van der Waals surface area contributed by atoms with Crippen molar-refractivity contribution < 1.29 is 9.18 Å². The second-order valence-electron chi connectivity index (χ2n) is 7.52. The van der Waals surface area contributed by atoms with Crippen LogP contribution in [0.15, 0.2) is 55.1 Å². The number of benzene rings is 1. The molecule has 0 saturated heterocycles. The van der Waals surface area contributed by atoms with Crippen LogP contribution in [0.25, 0.3) is 16.0 Å². The third-order valence-corrected chi connectivity index (χ3v) is 6.94. The lowest BCUT2D eigenvalue weighted by Crippen LogP contribution is -2.40. The number of carbonyl (C=O) groups is 1. The number of halogens is 2. The number of hydrogen-bond acceptors (Lipinski definition) is 6. The van der Waals surface area contributed by atoms with Gasteiger partial charge in [0.05, 0.1) is 22.3 Å². The summed E-state index contributed by atoms with van der Waals surface area (Å²) in [6.45, 7) is 0.419. The molecule has 1 aliphatic heterocycles. The molecule has 0 aliphatic carbocycles. The number of nitrogens with one attached hydrogen (secondary N) is 1. The van der Waals surface area contributed by atoms with Crippen LogP contribution in [0.1, 0.15) is 32.8 Å². The van der Waals surface area contributed by atoms with E-state index in [2.05, 4.69) is 25.0 Å². The summed E-state index contributed by atoms with van der Waals surface area (Å²) in [5, 5.41) is 4.93. The highest BCUT2D eigenvalue weighted by atomic mass is 35.5. The Hall–Kier alpha value is -3.63. The molecule has 6 rings (SSSR count). The van der Waals surface area contributed by atoms with Gasteiger partial charge in [-0.05, 0) is 24.3 Å². The van der Waals surface area contributed by atoms with E-state index >= 15 is 0 Å². The first-order valence-electron chi connectivity index (χ1n) is 10.1. The number of rotatable bonds is 3. The van der Waals surface area contributed by atoms with Gasteiger partial charge < -0.3 is 9.88 Å². The van der Waals surface area contributed by atoms with Gasteiger partial charge in [-0.1, -0.05) is 23.7 Å². The van der Waals surface area contributed by atoms with Crippen LogP contribution >= 0.6 is 22.9 Å². The SMILES string of the molecule is O=C(c1cn(-c2ccccn2)nc1Cl)N1CCc2[nH]cnc2[C@H]1c1nc2c(F)cccc2s1. The van der Waals surface area contributed by atoms with Crippen molar-refractivity contribution in [1.82, 2.24) is 34.6 Å². The van der Waals surface area contributed by atoms with E-state index in [1.165, 1.54) is 22.1 Å². The minimum atomic E-state index is -0.571. The molecular formula is C22H15ClFN7OS. The zero-order valence-electron chi connectivity index (χ0n) is 16.9. The summed E-state index contributed by atoms with van der Waals surface area (Å²) in [5.41, 5.74) is 2.16. The molecular weight excluding hydrogens is 465 g/mol. The van der Waals surface area contributed by atoms with Crippen molar-refractivity contribution in [3.05, 3.63) is 88.0 Å². The van der Waals surface area contributed by atoms with E-state index in [0.717, 1.165) is 5.69 Å². The van der Waals surface area contributed by atoms with E-state index in [9.17, 15) is 9.18 Å². The number of aromatic amines is 1. The Morgan fingerprint density at radius 2 is 2.12 bits per heavy atom. The highest BCUT2D eigenvalue weighted by Gasteiger charge is 2.38. The maximum atomic E-state index is 14.3. The smallest absolute Gasteiger partial charge is 0.259 e. The summed E-state index contributed by atoms with van der Waals surface area (Å²) in [4.78, 5) is 31.8. The molecule has 11 heteroatoms. The topological polar surface area (TPSA) is 92.6 Å². The molecule has 33 heavy (non-hydrogen) atoms. The molecule has 164 valence electrons. The van der Waals surface area contributed by atoms with Crippen molar-refractivity contribution in [2.45, 2.75) is 12.5 Å². The predicted molar refractivity (Wildman–Crippen MR) is 121 cm³/mol. The van der Waals surface area contributed by atoms with E-state index < -0.39 is 11.9 Å². The first-order valence-corrected chi connectivity index (χ1v) is 11.3. The maximum Gasteiger partial charge on any atom is 0.259 e. The number of pyridine rings is 1. The van der Waals surface area contributed by atoms with Gasteiger partial charge >= 0.3 is 0 Å². The van der Waals surface area contributed by atoms with E-state index in [-0.39, 0.29) is 22.1 Å². The third kappa shape index (κ3) is 3.30. The lowest BCUT2D eigenvalue weighted by atomic mass is 10.0. The fourth-order valence-electron chi connectivity index (χ4n) is 4.05. The summed E-state index contributed by atoms with van der Waals surface area (Å²) in [6, 6.07) is 9.66. The van der Waals surface area contributed by atoms with Gasteiger partial charge in [-0.15, -0.1) is 11.3 Å². The van der Waals surface area contributed by atoms with Crippen molar-refractivity contribution in [3.8, 4) is 5.82 Å². The van der Waals surface area contributed by atoms with Gasteiger partial charge in [-0.2, -0.15) is 5.10 Å². The molecule has 1 aromatic carbocycles. The second kappa shape index (κ2) is 7.75. The Morgan fingerprint density at radius 3 is 2.94 bits per heavy atom. The molecule has 5 heterocycles. The third-order valence-electron chi connectivity index (χ3n) is 5.59. The Bertz CT molecular complexity index is 1500. The second-order valence-corrected chi connectivity index (χ2v) is 8.94. The van der Waals surface area contributed by atoms with Crippen LogP contribution in [0.2, 0.25) is 5.15 Å². The number of para-hydroxylation sites is 1. The first-order chi connectivity index (χ1) is 16.1. The molecule has 0 radical (unpaired) electrons. The molecule has 0 bridgehead atoms. The molecule has 1 aliphatic rings. The van der Waals surface area contributed by atoms with Crippen LogP contribution in [0.3, 0.4) is 0 Å². The Balaban J connectivity index is 1.44. The number of aromatic nitrogens is 6. The van der Waals surface area contributed by atoms with E-state index in [1.807, 2.05) is 12.1 Å². The van der Waals surface area contributed by atoms with Crippen LogP contribution in [-0.4, -0.2) is 47.1 Å². The predicted octanol–water partition coefficient (Wildman–Crippen LogP) is 4.18. The summed E-state index contributed by atoms with van der Waals surface area (Å²) in [5.74, 6) is -0.156. The van der Waals surface area contributed by atoms with E-state index in [0.29, 0.717) is 34.2 Å². The first kappa shape index (κ1) is 20.0. The number of imidazole rings is 1. The number of fused-ring (bicyclic) bond motifs is 2. The zero-order chi connectivity index (χ0) is 22.5. The maximum absolute atomic E-state index is 14.3. The quantitative estimate of drug-likeness (QED) is 0.419. The Morgan fingerprint density at radius 1 is 1.21 bits per heavy atom. The number of H-pyrrole nitrogens is 1. The lowest BCUT2D eigenvalue weighted by molar-refractivity contribution is 0.0690. The number of amides is 1. The molecule has 8 nitrogen and oxygen atoms in total. The minimum absolute atomic E-state index is 0.0765. The van der Waals surface area contributed by atoms with Gasteiger partial charge in [-0.3, -0.25) is 4.79 Å². The number of nitrogens with zero attached hydrogens (tertiary/aromatic N) is 6. The van der Waals surface area contributed by atoms with Crippen molar-refractivity contribution in [1.29, 1.82) is 0 Å². The largest absolute Gasteiger partial charge is 0.348 e. The molecule has 1 atom stereocenters. The molecule has 5 aromatic rings. The Kier molecular flexibility index (Phi) is 4.70. The summed E-state index contributed by atoms with van der Waals surface area (Å²) >= 11 is 7.72. The molecule has 0 spiro atoms. The standard InChI is InChI=1S/C22H15ClFN7OS/c23-20-12(10-31(29-20)16-6-1-2-8-25-16)22(32)30-9-7-14-18(27-11-26-14)19(30)21-28-17-13(24)4-3-5-15(17)33-21/h1-6,8,10-11,19H,7,9H2,(H,26,27)/t19-/m0/s1. The Labute approximate surface area is 195 Å². The number of carbonyl (C=O) groups excluding carboxylic acids is 1. The molecule has 1 amide bonds. The van der Waals surface area contributed by atoms with E-state index in [4.69, 9.17) is 11.6 Å². The molecule has 1 N–H and O–H groups in total. The van der Waals surface area contributed by atoms with Crippen molar-refractivity contribution >= 4 is 39.1 Å². The van der Waals surface area contributed by atoms with Crippen LogP contribution in [0.4, 0.5) is 4.39 Å². The van der Waals surface area contributed by atoms with Gasteiger partial charge in [0.15, 0.2) is 11.0 Å². The number of thiazole rings is 1. The van der Waals surface area contributed by atoms with Gasteiger partial charge in [0.1, 0.15) is 22.4 Å². The van der Waals surface area contributed by atoms with Gasteiger partial charge in [0.2, 0.25) is 0 Å². The van der Waals surface area contributed by atoms with E-state index in [1.54, 1.807) is 41.8 Å². The number of hydrogen-bond donors (Lipinski definition) is 1. The molecule has 0 unspecified atom stereocenters. The van der Waals surface area contributed by atoms with Crippen molar-refractivity contribution in [2.75, 3.05) is 6.54 Å². The monoisotopic (exact) mass is 479 g/mol. The normalized spacial score (nSPS) is 15.7. The average molecular weight is 480 g/mol. The molecule has 0 saturated carbocycles. The van der Waals surface area contributed by atoms with Crippen molar-refractivity contribution in [2.24, 2.45) is 0 Å². The molecule has 0 fully saturated rings. The van der Waals surface area contributed by atoms with Crippen LogP contribution < -0.4 is 0 Å². The fourth-order valence-corrected chi connectivity index (χ4v) is 5.36. The van der Waals surface area contributed by atoms with Crippen LogP contribution in [-0.2, 0) is 6.42 Å². The van der Waals surface area contributed by atoms with Gasteiger partial charge in [0, 0.05) is 31.1 Å². The lowest BCUT2D eigenvalue weighted by Gasteiger charge is -2.33. The highest BCUT2D eigenvalue weighted by Crippen LogP contribution is 2.39. The van der Waals surface area contributed by atoms with Gasteiger partial charge in [0.25, 0.3) is 5.91 Å². The summed E-state index contributed by atoms with van der Waals surface area (Å²) < 4.78 is 16.5. The zero-order valence-corrected chi connectivity index (χ0v) is 18.5. The summed E-state index contributed by atoms with van der Waals surface area (Å²) in [6.07, 6.45) is 5.41. The highest BCUT2D eigenvalue weighted by molar-refractivity contribution is 7.18. The van der Waals surface area contributed by atoms with Crippen molar-refractivity contribution in [3.63, 3.8) is 0 Å². The molecule has 4 aromatic heterocycles. The summed E-state index contributed by atoms with van der Waals surface area (Å²) in [7, 11) is 0. The minimum Gasteiger partial charge on any atom is -0.348 e. The average Bonchev–Trinajstić information content (AvgIpc) is 3.57. The fraction of sp³-hybridized carbons (Fsp3) is 0.136.